The number of aromatic nitrogens is 1. The normalized spacial score (nSPS) is 35.3. The molecule has 0 saturated heterocycles. The number of aliphatic carboxylic acids is 1. The first-order chi connectivity index (χ1) is 20.1. The Morgan fingerprint density at radius 3 is 2.74 bits per heavy atom. The van der Waals surface area contributed by atoms with Gasteiger partial charge >= 0.3 is 5.97 Å². The first kappa shape index (κ1) is 28.5. The summed E-state index contributed by atoms with van der Waals surface area (Å²) in [6.07, 6.45) is 17.5. The lowest BCUT2D eigenvalue weighted by Crippen LogP contribution is -2.54. The number of amides is 1. The van der Waals surface area contributed by atoms with Crippen LogP contribution in [0.2, 0.25) is 0 Å². The number of hydrogen-bond acceptors (Lipinski definition) is 5. The molecule has 1 heterocycles. The highest BCUT2D eigenvalue weighted by molar-refractivity contribution is 5.96. The first-order valence-electron chi connectivity index (χ1n) is 15.3. The molecule has 1 amide bonds. The van der Waals surface area contributed by atoms with Crippen molar-refractivity contribution in [3.8, 4) is 12.3 Å². The molecule has 1 aromatic carbocycles. The van der Waals surface area contributed by atoms with Crippen LogP contribution >= 0.6 is 0 Å². The Hall–Kier alpha value is -3.57. The van der Waals surface area contributed by atoms with Crippen LogP contribution in [0.15, 0.2) is 47.3 Å². The molecular weight excluding hydrogens is 530 g/mol. The zero-order valence-electron chi connectivity index (χ0n) is 24.5. The maximum atomic E-state index is 12.6. The number of aliphatic hydroxyl groups is 1. The van der Waals surface area contributed by atoms with Crippen molar-refractivity contribution in [1.29, 1.82) is 0 Å². The molecule has 3 saturated carbocycles. The van der Waals surface area contributed by atoms with Crippen molar-refractivity contribution >= 4 is 28.5 Å². The molecule has 2 aromatic rings. The predicted octanol–water partition coefficient (Wildman–Crippen LogP) is 4.98. The van der Waals surface area contributed by atoms with Crippen molar-refractivity contribution in [2.45, 2.75) is 83.3 Å². The van der Waals surface area contributed by atoms with Crippen LogP contribution in [0.25, 0.3) is 10.9 Å². The Bertz CT molecular complexity index is 1500. The van der Waals surface area contributed by atoms with Crippen molar-refractivity contribution in [3.63, 3.8) is 0 Å². The minimum absolute atomic E-state index is 0.0919. The first-order valence-corrected chi connectivity index (χ1v) is 15.3. The van der Waals surface area contributed by atoms with Gasteiger partial charge in [0.15, 0.2) is 6.61 Å². The standard InChI is InChI=1S/C34H41N3O5/c1-4-34(41)16-13-27-25-10-9-22-18-23(11-14-32(22,2)26(25)12-15-33(27,34)3)37-42-20-30(38)36-29(31(39)40)17-21-19-35-28-8-6-5-7-24(21)28/h1,5-8,18-19,25-27,29,35,41H,9-17,20H2,2-3H3,(H,36,38)(H,39,40)/b37-23-/t25-,26-,27-,29-,32+,33+,34-/m1/s1. The Morgan fingerprint density at radius 2 is 1.95 bits per heavy atom. The van der Waals surface area contributed by atoms with Gasteiger partial charge < -0.3 is 25.4 Å². The van der Waals surface area contributed by atoms with E-state index in [1.54, 1.807) is 6.20 Å². The van der Waals surface area contributed by atoms with E-state index in [2.05, 4.69) is 41.3 Å². The topological polar surface area (TPSA) is 124 Å². The van der Waals surface area contributed by atoms with E-state index in [4.69, 9.17) is 11.3 Å². The molecule has 0 spiro atoms. The fraction of sp³-hybridized carbons (Fsp3) is 0.559. The van der Waals surface area contributed by atoms with Crippen LogP contribution in [0.3, 0.4) is 0 Å². The number of nitrogens with one attached hydrogen (secondary N) is 2. The molecule has 4 aliphatic rings. The summed E-state index contributed by atoms with van der Waals surface area (Å²) >= 11 is 0. The molecule has 1 aromatic heterocycles. The quantitative estimate of drug-likeness (QED) is 0.276. The van der Waals surface area contributed by atoms with Crippen LogP contribution in [0.5, 0.6) is 0 Å². The fourth-order valence-electron chi connectivity index (χ4n) is 9.03. The second kappa shape index (κ2) is 10.6. The highest BCUT2D eigenvalue weighted by Gasteiger charge is 2.63. The molecule has 3 fully saturated rings. The van der Waals surface area contributed by atoms with Gasteiger partial charge in [0.05, 0.1) is 5.71 Å². The number of carboxylic acids is 1. The third-order valence-corrected chi connectivity index (χ3v) is 11.5. The van der Waals surface area contributed by atoms with Crippen molar-refractivity contribution < 1.29 is 24.6 Å². The molecular formula is C34H41N3O5. The summed E-state index contributed by atoms with van der Waals surface area (Å²) in [5.41, 5.74) is 2.88. The molecule has 6 rings (SSSR count). The van der Waals surface area contributed by atoms with Crippen molar-refractivity contribution in [1.82, 2.24) is 10.3 Å². The summed E-state index contributed by atoms with van der Waals surface area (Å²) in [6.45, 7) is 4.27. The van der Waals surface area contributed by atoms with Gasteiger partial charge in [0.2, 0.25) is 0 Å². The van der Waals surface area contributed by atoms with E-state index in [1.807, 2.05) is 24.3 Å². The number of rotatable bonds is 7. The Kier molecular flexibility index (Phi) is 7.21. The average Bonchev–Trinajstić information content (AvgIpc) is 3.50. The van der Waals surface area contributed by atoms with Gasteiger partial charge in [-0.15, -0.1) is 6.42 Å². The van der Waals surface area contributed by atoms with E-state index in [-0.39, 0.29) is 23.9 Å². The van der Waals surface area contributed by atoms with Gasteiger partial charge in [0, 0.05) is 28.9 Å². The number of nitrogens with zero attached hydrogens (tertiary/aromatic N) is 1. The molecule has 0 unspecified atom stereocenters. The minimum Gasteiger partial charge on any atom is -0.480 e. The maximum Gasteiger partial charge on any atom is 0.326 e. The van der Waals surface area contributed by atoms with Crippen LogP contribution in [0.4, 0.5) is 0 Å². The Labute approximate surface area is 247 Å². The lowest BCUT2D eigenvalue weighted by Gasteiger charge is -2.58. The van der Waals surface area contributed by atoms with Crippen LogP contribution in [0.1, 0.15) is 70.8 Å². The van der Waals surface area contributed by atoms with Crippen LogP contribution < -0.4 is 5.32 Å². The van der Waals surface area contributed by atoms with Gasteiger partial charge in [-0.1, -0.05) is 48.7 Å². The number of aromatic amines is 1. The maximum absolute atomic E-state index is 12.6. The number of fused-ring (bicyclic) bond motifs is 6. The Balaban J connectivity index is 1.07. The predicted molar refractivity (Wildman–Crippen MR) is 160 cm³/mol. The fourth-order valence-corrected chi connectivity index (χ4v) is 9.03. The molecule has 42 heavy (non-hydrogen) atoms. The Morgan fingerprint density at radius 1 is 1.17 bits per heavy atom. The number of carbonyl (C=O) groups excluding carboxylic acids is 1. The highest BCUT2D eigenvalue weighted by Crippen LogP contribution is 2.67. The largest absolute Gasteiger partial charge is 0.480 e. The summed E-state index contributed by atoms with van der Waals surface area (Å²) in [5, 5.41) is 28.8. The SMILES string of the molecule is C#C[C@@]1(O)CC[C@@H]2[C@@H]3CCC4=C/C(=N\OCC(=O)N[C@H](Cc5c[nH]c6ccccc56)C(=O)O)CC[C@]4(C)[C@@H]3CC[C@@]21C. The van der Waals surface area contributed by atoms with Crippen molar-refractivity contribution in [3.05, 3.63) is 47.7 Å². The minimum atomic E-state index is -1.10. The molecule has 8 nitrogen and oxygen atoms in total. The van der Waals surface area contributed by atoms with E-state index >= 15 is 0 Å². The van der Waals surface area contributed by atoms with Gasteiger partial charge in [-0.25, -0.2) is 4.79 Å². The number of hydrogen-bond donors (Lipinski definition) is 4. The number of H-pyrrole nitrogens is 1. The second-order valence-corrected chi connectivity index (χ2v) is 13.4. The zero-order chi connectivity index (χ0) is 29.7. The summed E-state index contributed by atoms with van der Waals surface area (Å²) < 4.78 is 0. The summed E-state index contributed by atoms with van der Waals surface area (Å²) in [4.78, 5) is 33.0. The zero-order valence-corrected chi connectivity index (χ0v) is 24.5. The molecule has 0 bridgehead atoms. The smallest absolute Gasteiger partial charge is 0.326 e. The summed E-state index contributed by atoms with van der Waals surface area (Å²) in [6, 6.07) is 6.59. The summed E-state index contributed by atoms with van der Waals surface area (Å²) in [7, 11) is 0. The van der Waals surface area contributed by atoms with E-state index < -0.39 is 23.5 Å². The third kappa shape index (κ3) is 4.63. The van der Waals surface area contributed by atoms with Gasteiger partial charge in [-0.3, -0.25) is 4.79 Å². The number of allylic oxidation sites excluding steroid dienone is 2. The van der Waals surface area contributed by atoms with Crippen LogP contribution in [-0.4, -0.2) is 51.0 Å². The van der Waals surface area contributed by atoms with Crippen molar-refractivity contribution in [2.75, 3.05) is 6.61 Å². The molecule has 4 aliphatic carbocycles. The number of carboxylic acid groups (broad SMARTS) is 1. The monoisotopic (exact) mass is 571 g/mol. The van der Waals surface area contributed by atoms with E-state index in [1.165, 1.54) is 5.57 Å². The van der Waals surface area contributed by atoms with Gasteiger partial charge in [0.1, 0.15) is 11.6 Å². The van der Waals surface area contributed by atoms with E-state index in [0.717, 1.165) is 67.1 Å². The molecule has 0 aliphatic heterocycles. The molecule has 4 N–H and O–H groups in total. The lowest BCUT2D eigenvalue weighted by molar-refractivity contribution is -0.142. The number of carbonyl (C=O) groups is 2. The number of para-hydroxylation sites is 1. The second-order valence-electron chi connectivity index (χ2n) is 13.4. The lowest BCUT2D eigenvalue weighted by atomic mass is 9.46. The van der Waals surface area contributed by atoms with Crippen LogP contribution in [0, 0.1) is 40.9 Å². The van der Waals surface area contributed by atoms with Crippen LogP contribution in [-0.2, 0) is 20.8 Å². The molecule has 222 valence electrons. The third-order valence-electron chi connectivity index (χ3n) is 11.5. The van der Waals surface area contributed by atoms with Gasteiger partial charge in [0.25, 0.3) is 5.91 Å². The molecule has 0 radical (unpaired) electrons. The van der Waals surface area contributed by atoms with E-state index in [9.17, 15) is 19.8 Å². The van der Waals surface area contributed by atoms with Crippen molar-refractivity contribution in [2.24, 2.45) is 33.7 Å². The number of oxime groups is 1. The van der Waals surface area contributed by atoms with Gasteiger partial charge in [-0.2, -0.15) is 0 Å². The number of benzene rings is 1. The summed E-state index contributed by atoms with van der Waals surface area (Å²) in [5.74, 6) is 2.73. The molecule has 7 atom stereocenters. The molecule has 8 heteroatoms. The van der Waals surface area contributed by atoms with Gasteiger partial charge in [-0.05, 0) is 92.2 Å². The van der Waals surface area contributed by atoms with E-state index in [0.29, 0.717) is 24.2 Å². The number of terminal acetylenes is 1. The average molecular weight is 572 g/mol. The highest BCUT2D eigenvalue weighted by atomic mass is 16.6.